The second kappa shape index (κ2) is 6.12. The molecule has 1 aliphatic heterocycles. The van der Waals surface area contributed by atoms with Crippen LogP contribution in [-0.2, 0) is 6.42 Å². The van der Waals surface area contributed by atoms with Crippen LogP contribution in [0, 0.1) is 0 Å². The van der Waals surface area contributed by atoms with Gasteiger partial charge in [-0.2, -0.15) is 0 Å². The van der Waals surface area contributed by atoms with E-state index in [0.717, 1.165) is 28.7 Å². The molecule has 2 nitrogen and oxygen atoms in total. The number of carbonyl (C=O) groups excluding carboxylic acids is 1. The van der Waals surface area contributed by atoms with Crippen LogP contribution in [-0.4, -0.2) is 18.7 Å². The molecule has 0 aliphatic carbocycles. The van der Waals surface area contributed by atoms with Crippen LogP contribution < -0.4 is 5.32 Å². The molecule has 0 fully saturated rings. The highest BCUT2D eigenvalue weighted by Crippen LogP contribution is 2.35. The van der Waals surface area contributed by atoms with E-state index < -0.39 is 0 Å². The normalized spacial score (nSPS) is 15.2. The topological polar surface area (TPSA) is 29.1 Å². The van der Waals surface area contributed by atoms with E-state index in [-0.39, 0.29) is 11.3 Å². The second-order valence-corrected chi connectivity index (χ2v) is 6.31. The predicted molar refractivity (Wildman–Crippen MR) is 88.4 cm³/mol. The number of amides is 1. The van der Waals surface area contributed by atoms with E-state index in [2.05, 4.69) is 11.4 Å². The summed E-state index contributed by atoms with van der Waals surface area (Å²) in [5.41, 5.74) is 3.91. The summed E-state index contributed by atoms with van der Waals surface area (Å²) in [5.74, 6) is 0.000110. The van der Waals surface area contributed by atoms with E-state index in [0.29, 0.717) is 6.54 Å². The van der Waals surface area contributed by atoms with Crippen LogP contribution >= 0.6 is 23.4 Å². The summed E-state index contributed by atoms with van der Waals surface area (Å²) in [6, 6.07) is 14.1. The first-order valence-corrected chi connectivity index (χ1v) is 8.55. The number of alkyl halides is 1. The van der Waals surface area contributed by atoms with Crippen LogP contribution in [0.5, 0.6) is 0 Å². The van der Waals surface area contributed by atoms with Gasteiger partial charge in [-0.25, -0.2) is 0 Å². The van der Waals surface area contributed by atoms with Crippen molar-refractivity contribution < 1.29 is 4.79 Å². The summed E-state index contributed by atoms with van der Waals surface area (Å²) >= 11 is 8.34. The van der Waals surface area contributed by atoms with E-state index in [9.17, 15) is 4.79 Å². The molecule has 0 aromatic heterocycles. The fourth-order valence-corrected chi connectivity index (χ4v) is 3.67. The number of hydrogen-bond acceptors (Lipinski definition) is 2. The van der Waals surface area contributed by atoms with Crippen LogP contribution in [0.1, 0.15) is 32.4 Å². The van der Waals surface area contributed by atoms with Crippen LogP contribution in [0.25, 0.3) is 0 Å². The number of thioether (sulfide) groups is 1. The van der Waals surface area contributed by atoms with E-state index in [1.165, 1.54) is 4.90 Å². The van der Waals surface area contributed by atoms with Crippen molar-refractivity contribution in [3.8, 4) is 0 Å². The van der Waals surface area contributed by atoms with Gasteiger partial charge in [0.25, 0.3) is 5.91 Å². The van der Waals surface area contributed by atoms with Gasteiger partial charge in [-0.3, -0.25) is 4.79 Å². The Hall–Kier alpha value is -1.45. The molecule has 1 atom stereocenters. The summed E-state index contributed by atoms with van der Waals surface area (Å²) in [6.45, 7) is 0.713. The fraction of sp³-hybridized carbons (Fsp3) is 0.235. The van der Waals surface area contributed by atoms with Crippen LogP contribution in [0.3, 0.4) is 0 Å². The van der Waals surface area contributed by atoms with Crippen molar-refractivity contribution in [1.29, 1.82) is 0 Å². The first-order chi connectivity index (χ1) is 10.2. The molecule has 1 heterocycles. The lowest BCUT2D eigenvalue weighted by Crippen LogP contribution is -2.31. The maximum atomic E-state index is 12.0. The highest BCUT2D eigenvalue weighted by atomic mass is 35.5. The molecule has 0 spiro atoms. The number of hydrogen-bond donors (Lipinski definition) is 1. The number of carbonyl (C=O) groups is 1. The Morgan fingerprint density at radius 1 is 1.24 bits per heavy atom. The molecule has 3 rings (SSSR count). The first-order valence-electron chi connectivity index (χ1n) is 6.88. The average Bonchev–Trinajstić information content (AvgIpc) is 2.54. The Morgan fingerprint density at radius 3 is 2.86 bits per heavy atom. The van der Waals surface area contributed by atoms with E-state index in [4.69, 9.17) is 11.6 Å². The maximum absolute atomic E-state index is 12.0. The lowest BCUT2D eigenvalue weighted by molar-refractivity contribution is 0.0946. The number of halogens is 1. The van der Waals surface area contributed by atoms with Gasteiger partial charge in [0.1, 0.15) is 0 Å². The van der Waals surface area contributed by atoms with Crippen molar-refractivity contribution in [1.82, 2.24) is 5.32 Å². The molecule has 0 radical (unpaired) electrons. The van der Waals surface area contributed by atoms with Crippen LogP contribution in [0.2, 0.25) is 0 Å². The predicted octanol–water partition coefficient (Wildman–Crippen LogP) is 4.02. The van der Waals surface area contributed by atoms with Gasteiger partial charge in [-0.15, -0.1) is 23.4 Å². The van der Waals surface area contributed by atoms with Crippen molar-refractivity contribution in [3.63, 3.8) is 0 Å². The zero-order chi connectivity index (χ0) is 14.8. The molecule has 2 aromatic carbocycles. The molecule has 1 unspecified atom stereocenters. The van der Waals surface area contributed by atoms with Gasteiger partial charge in [0, 0.05) is 17.0 Å². The molecular weight excluding hydrogens is 302 g/mol. The van der Waals surface area contributed by atoms with Crippen molar-refractivity contribution in [3.05, 3.63) is 64.7 Å². The van der Waals surface area contributed by atoms with Crippen LogP contribution in [0.15, 0.2) is 47.4 Å². The number of nitrogens with one attached hydrogen (secondary N) is 1. The Bertz CT molecular complexity index is 686. The lowest BCUT2D eigenvalue weighted by Gasteiger charge is -2.19. The molecule has 0 saturated carbocycles. The zero-order valence-electron chi connectivity index (χ0n) is 11.7. The third kappa shape index (κ3) is 2.81. The zero-order valence-corrected chi connectivity index (χ0v) is 13.3. The highest BCUT2D eigenvalue weighted by molar-refractivity contribution is 7.98. The molecule has 0 bridgehead atoms. The summed E-state index contributed by atoms with van der Waals surface area (Å²) in [6.07, 6.45) is 2.93. The monoisotopic (exact) mass is 317 g/mol. The quantitative estimate of drug-likeness (QED) is 0.684. The third-order valence-corrected chi connectivity index (χ3v) is 5.06. The van der Waals surface area contributed by atoms with E-state index >= 15 is 0 Å². The lowest BCUT2D eigenvalue weighted by atomic mass is 9.95. The van der Waals surface area contributed by atoms with Gasteiger partial charge in [-0.05, 0) is 41.5 Å². The minimum absolute atomic E-state index is 0.000110. The summed E-state index contributed by atoms with van der Waals surface area (Å²) < 4.78 is 0. The smallest absolute Gasteiger partial charge is 0.251 e. The third-order valence-electron chi connectivity index (χ3n) is 3.76. The van der Waals surface area contributed by atoms with Gasteiger partial charge in [0.2, 0.25) is 0 Å². The van der Waals surface area contributed by atoms with Crippen molar-refractivity contribution >= 4 is 29.3 Å². The Morgan fingerprint density at radius 2 is 2.05 bits per heavy atom. The minimum atomic E-state index is -0.242. The average molecular weight is 318 g/mol. The Labute approximate surface area is 133 Å². The van der Waals surface area contributed by atoms with Gasteiger partial charge < -0.3 is 5.32 Å². The highest BCUT2D eigenvalue weighted by Gasteiger charge is 2.20. The number of fused-ring (bicyclic) bond motifs is 1. The minimum Gasteiger partial charge on any atom is -0.352 e. The first kappa shape index (κ1) is 14.5. The molecule has 1 aliphatic rings. The molecule has 1 N–H and O–H groups in total. The molecule has 4 heteroatoms. The SMILES string of the molecule is CSc1ccccc1C(Cl)c1ccc2c(c1)C(=O)NCC2. The van der Waals surface area contributed by atoms with Crippen molar-refractivity contribution in [2.45, 2.75) is 16.7 Å². The second-order valence-electron chi connectivity index (χ2n) is 5.03. The number of benzene rings is 2. The molecule has 2 aromatic rings. The van der Waals surface area contributed by atoms with Gasteiger partial charge >= 0.3 is 0 Å². The Kier molecular flexibility index (Phi) is 4.22. The molecule has 108 valence electrons. The fourth-order valence-electron chi connectivity index (χ4n) is 2.64. The van der Waals surface area contributed by atoms with E-state index in [1.54, 1.807) is 11.8 Å². The number of rotatable bonds is 3. The standard InChI is InChI=1S/C17H16ClNOS/c1-21-15-5-3-2-4-13(15)16(18)12-7-6-11-8-9-19-17(20)14(11)10-12/h2-7,10,16H,8-9H2,1H3,(H,19,20). The van der Waals surface area contributed by atoms with Crippen molar-refractivity contribution in [2.24, 2.45) is 0 Å². The largest absolute Gasteiger partial charge is 0.352 e. The summed E-state index contributed by atoms with van der Waals surface area (Å²) in [5, 5.41) is 2.64. The van der Waals surface area contributed by atoms with Crippen molar-refractivity contribution in [2.75, 3.05) is 12.8 Å². The Balaban J connectivity index is 2.00. The summed E-state index contributed by atoms with van der Waals surface area (Å²) in [7, 11) is 0. The molecular formula is C17H16ClNOS. The molecule has 1 amide bonds. The van der Waals surface area contributed by atoms with Gasteiger partial charge in [-0.1, -0.05) is 30.3 Å². The maximum Gasteiger partial charge on any atom is 0.251 e. The van der Waals surface area contributed by atoms with Gasteiger partial charge in [0.15, 0.2) is 0 Å². The van der Waals surface area contributed by atoms with E-state index in [1.807, 2.05) is 42.7 Å². The van der Waals surface area contributed by atoms with Crippen LogP contribution in [0.4, 0.5) is 0 Å². The van der Waals surface area contributed by atoms with Gasteiger partial charge in [0.05, 0.1) is 5.38 Å². The molecule has 21 heavy (non-hydrogen) atoms. The molecule has 0 saturated heterocycles. The summed E-state index contributed by atoms with van der Waals surface area (Å²) in [4.78, 5) is 13.1.